The Morgan fingerprint density at radius 1 is 1.11 bits per heavy atom. The third kappa shape index (κ3) is 6.54. The van der Waals surface area contributed by atoms with Crippen molar-refractivity contribution in [3.8, 4) is 11.6 Å². The summed E-state index contributed by atoms with van der Waals surface area (Å²) in [7, 11) is 2.01. The Kier molecular flexibility index (Phi) is 6.87. The van der Waals surface area contributed by atoms with Gasteiger partial charge in [0.25, 0.3) is 0 Å². The Hall–Kier alpha value is -2.08. The summed E-state index contributed by atoms with van der Waals surface area (Å²) in [6, 6.07) is 5.96. The summed E-state index contributed by atoms with van der Waals surface area (Å²) < 4.78 is 6.18. The van der Waals surface area contributed by atoms with Crippen LogP contribution in [0.2, 0.25) is 0 Å². The lowest BCUT2D eigenvalue weighted by Crippen LogP contribution is -2.14. The molecule has 0 aliphatic rings. The molecule has 27 heavy (non-hydrogen) atoms. The molecule has 0 saturated heterocycles. The molecular formula is C21H30N4OS. The summed E-state index contributed by atoms with van der Waals surface area (Å²) >= 11 is 1.71. The second-order valence-electron chi connectivity index (χ2n) is 7.63. The van der Waals surface area contributed by atoms with Crippen molar-refractivity contribution < 1.29 is 4.74 Å². The highest BCUT2D eigenvalue weighted by Crippen LogP contribution is 2.34. The van der Waals surface area contributed by atoms with Crippen molar-refractivity contribution in [1.29, 1.82) is 0 Å². The third-order valence-electron chi connectivity index (χ3n) is 3.80. The molecule has 0 atom stereocenters. The highest BCUT2D eigenvalue weighted by molar-refractivity contribution is 8.00. The van der Waals surface area contributed by atoms with Gasteiger partial charge in [-0.1, -0.05) is 20.8 Å². The van der Waals surface area contributed by atoms with E-state index in [0.717, 1.165) is 34.1 Å². The number of hydrogen-bond acceptors (Lipinski definition) is 5. The van der Waals surface area contributed by atoms with Crippen molar-refractivity contribution in [2.75, 3.05) is 13.6 Å². The van der Waals surface area contributed by atoms with Crippen LogP contribution in [0.3, 0.4) is 0 Å². The number of thioether (sulfide) groups is 1. The van der Waals surface area contributed by atoms with E-state index in [0.29, 0.717) is 11.7 Å². The highest BCUT2D eigenvalue weighted by Gasteiger charge is 2.15. The van der Waals surface area contributed by atoms with Gasteiger partial charge >= 0.3 is 0 Å². The summed E-state index contributed by atoms with van der Waals surface area (Å²) in [5.74, 6) is 2.07. The van der Waals surface area contributed by atoms with Crippen molar-refractivity contribution >= 4 is 23.8 Å². The number of aliphatic imine (C=N–C) groups is 1. The van der Waals surface area contributed by atoms with E-state index in [-0.39, 0.29) is 4.75 Å². The van der Waals surface area contributed by atoms with Crippen molar-refractivity contribution in [3.63, 3.8) is 0 Å². The van der Waals surface area contributed by atoms with E-state index in [2.05, 4.69) is 42.7 Å². The maximum Gasteiger partial charge on any atom is 0.223 e. The molecule has 1 aromatic heterocycles. The molecule has 0 bridgehead atoms. The standard InChI is InChI=1S/C21H30N4OS/c1-9-25(8)13-22-17-10-15(3)18(11-14(17)2)26-19-12-20(24-16(4)23-19)27-21(5,6)7/h10-13H,9H2,1-8H3/b22-13+. The Balaban J connectivity index is 2.27. The van der Waals surface area contributed by atoms with Crippen molar-refractivity contribution in [2.45, 2.75) is 58.2 Å². The van der Waals surface area contributed by atoms with Crippen LogP contribution in [-0.2, 0) is 0 Å². The zero-order valence-electron chi connectivity index (χ0n) is 17.6. The summed E-state index contributed by atoms with van der Waals surface area (Å²) in [4.78, 5) is 15.6. The van der Waals surface area contributed by atoms with Gasteiger partial charge in [0.2, 0.25) is 5.88 Å². The first-order valence-corrected chi connectivity index (χ1v) is 9.97. The van der Waals surface area contributed by atoms with Crippen LogP contribution in [0.4, 0.5) is 5.69 Å². The van der Waals surface area contributed by atoms with Gasteiger partial charge in [-0.25, -0.2) is 9.98 Å². The average molecular weight is 387 g/mol. The van der Waals surface area contributed by atoms with Crippen molar-refractivity contribution in [2.24, 2.45) is 4.99 Å². The molecule has 0 radical (unpaired) electrons. The lowest BCUT2D eigenvalue weighted by molar-refractivity contribution is 0.453. The zero-order chi connectivity index (χ0) is 20.2. The molecule has 0 aliphatic heterocycles. The van der Waals surface area contributed by atoms with Crippen LogP contribution in [0.1, 0.15) is 44.6 Å². The minimum absolute atomic E-state index is 0.0792. The number of rotatable bonds is 6. The van der Waals surface area contributed by atoms with Crippen LogP contribution in [-0.4, -0.2) is 39.5 Å². The van der Waals surface area contributed by atoms with Gasteiger partial charge in [0, 0.05) is 24.4 Å². The van der Waals surface area contributed by atoms with Gasteiger partial charge in [0.1, 0.15) is 16.6 Å². The van der Waals surface area contributed by atoms with Gasteiger partial charge in [0.05, 0.1) is 12.0 Å². The van der Waals surface area contributed by atoms with Gasteiger partial charge in [-0.05, 0) is 51.0 Å². The quantitative estimate of drug-likeness (QED) is 0.276. The number of ether oxygens (including phenoxy) is 1. The fraction of sp³-hybridized carbons (Fsp3) is 0.476. The zero-order valence-corrected chi connectivity index (χ0v) is 18.4. The molecular weight excluding hydrogens is 356 g/mol. The smallest absolute Gasteiger partial charge is 0.223 e. The molecule has 2 rings (SSSR count). The van der Waals surface area contributed by atoms with Crippen LogP contribution in [0, 0.1) is 20.8 Å². The Morgan fingerprint density at radius 3 is 2.44 bits per heavy atom. The fourth-order valence-corrected chi connectivity index (χ4v) is 3.28. The molecule has 2 aromatic rings. The van der Waals surface area contributed by atoms with Crippen LogP contribution in [0.5, 0.6) is 11.6 Å². The predicted octanol–water partition coefficient (Wildman–Crippen LogP) is 5.70. The Bertz CT molecular complexity index is 828. The number of hydrogen-bond donors (Lipinski definition) is 0. The molecule has 1 aromatic carbocycles. The number of nitrogens with zero attached hydrogens (tertiary/aromatic N) is 4. The summed E-state index contributed by atoms with van der Waals surface area (Å²) in [5.41, 5.74) is 3.03. The maximum absolute atomic E-state index is 6.10. The van der Waals surface area contributed by atoms with Gasteiger partial charge in [-0.3, -0.25) is 0 Å². The first-order chi connectivity index (χ1) is 12.6. The maximum atomic E-state index is 6.10. The lowest BCUT2D eigenvalue weighted by atomic mass is 10.1. The molecule has 1 heterocycles. The Morgan fingerprint density at radius 2 is 1.81 bits per heavy atom. The van der Waals surface area contributed by atoms with E-state index in [1.54, 1.807) is 11.8 Å². The molecule has 5 nitrogen and oxygen atoms in total. The molecule has 6 heteroatoms. The number of aryl methyl sites for hydroxylation is 3. The van der Waals surface area contributed by atoms with E-state index in [1.165, 1.54) is 0 Å². The van der Waals surface area contributed by atoms with Crippen molar-refractivity contribution in [3.05, 3.63) is 35.2 Å². The number of aromatic nitrogens is 2. The number of benzene rings is 1. The SMILES string of the molecule is CCN(C)/C=N/c1cc(C)c(Oc2cc(SC(C)(C)C)nc(C)n2)cc1C. The van der Waals surface area contributed by atoms with Crippen LogP contribution >= 0.6 is 11.8 Å². The van der Waals surface area contributed by atoms with Gasteiger partial charge < -0.3 is 9.64 Å². The van der Waals surface area contributed by atoms with Crippen LogP contribution in [0.25, 0.3) is 0 Å². The topological polar surface area (TPSA) is 50.6 Å². The van der Waals surface area contributed by atoms with E-state index >= 15 is 0 Å². The highest BCUT2D eigenvalue weighted by atomic mass is 32.2. The van der Waals surface area contributed by atoms with Crippen LogP contribution < -0.4 is 4.74 Å². The van der Waals surface area contributed by atoms with Crippen molar-refractivity contribution in [1.82, 2.24) is 14.9 Å². The summed E-state index contributed by atoms with van der Waals surface area (Å²) in [6.07, 6.45) is 1.85. The molecule has 0 saturated carbocycles. The fourth-order valence-electron chi connectivity index (χ4n) is 2.31. The second kappa shape index (κ2) is 8.74. The molecule has 146 valence electrons. The summed E-state index contributed by atoms with van der Waals surface area (Å²) in [5, 5.41) is 0.920. The third-order valence-corrected chi connectivity index (χ3v) is 4.83. The minimum atomic E-state index is 0.0792. The second-order valence-corrected chi connectivity index (χ2v) is 9.48. The Labute approximate surface area is 167 Å². The van der Waals surface area contributed by atoms with Gasteiger partial charge in [-0.15, -0.1) is 11.8 Å². The molecule has 0 spiro atoms. The predicted molar refractivity (Wildman–Crippen MR) is 115 cm³/mol. The van der Waals surface area contributed by atoms with Gasteiger partial charge in [0.15, 0.2) is 0 Å². The molecule has 0 unspecified atom stereocenters. The molecule has 0 N–H and O–H groups in total. The summed E-state index contributed by atoms with van der Waals surface area (Å²) in [6.45, 7) is 15.5. The van der Waals surface area contributed by atoms with E-state index in [1.807, 2.05) is 57.3 Å². The van der Waals surface area contributed by atoms with Gasteiger partial charge in [-0.2, -0.15) is 4.98 Å². The first-order valence-electron chi connectivity index (χ1n) is 9.15. The lowest BCUT2D eigenvalue weighted by Gasteiger charge is -2.17. The molecule has 0 amide bonds. The average Bonchev–Trinajstić information content (AvgIpc) is 2.54. The van der Waals surface area contributed by atoms with Crippen LogP contribution in [0.15, 0.2) is 28.2 Å². The van der Waals surface area contributed by atoms with E-state index in [9.17, 15) is 0 Å². The minimum Gasteiger partial charge on any atom is -0.439 e. The first kappa shape index (κ1) is 21.2. The molecule has 0 fully saturated rings. The largest absolute Gasteiger partial charge is 0.439 e. The molecule has 0 aliphatic carbocycles. The monoisotopic (exact) mass is 386 g/mol. The van der Waals surface area contributed by atoms with E-state index < -0.39 is 0 Å². The van der Waals surface area contributed by atoms with E-state index in [4.69, 9.17) is 4.74 Å². The normalized spacial score (nSPS) is 11.9.